The molecule has 1 aliphatic heterocycles. The normalized spacial score (nSPS) is 20.2. The quantitative estimate of drug-likeness (QED) is 0.715. The van der Waals surface area contributed by atoms with Crippen LogP contribution in [0.2, 0.25) is 0 Å². The van der Waals surface area contributed by atoms with Gasteiger partial charge in [-0.3, -0.25) is 4.79 Å². The molecule has 1 unspecified atom stereocenters. The number of carbonyl (C=O) groups is 1. The van der Waals surface area contributed by atoms with Gasteiger partial charge in [0.1, 0.15) is 17.3 Å². The van der Waals surface area contributed by atoms with E-state index in [2.05, 4.69) is 25.9 Å². The van der Waals surface area contributed by atoms with Gasteiger partial charge in [-0.2, -0.15) is 0 Å². The predicted molar refractivity (Wildman–Crippen MR) is 103 cm³/mol. The Kier molecular flexibility index (Phi) is 3.96. The smallest absolute Gasteiger partial charge is 0.271 e. The summed E-state index contributed by atoms with van der Waals surface area (Å²) >= 11 is 0. The van der Waals surface area contributed by atoms with E-state index < -0.39 is 0 Å². The van der Waals surface area contributed by atoms with Crippen LogP contribution in [0.1, 0.15) is 46.3 Å². The van der Waals surface area contributed by atoms with Crippen molar-refractivity contribution in [2.75, 3.05) is 13.7 Å². The number of hydrogen-bond acceptors (Lipinski definition) is 4. The zero-order valence-electron chi connectivity index (χ0n) is 15.8. The molecule has 3 aromatic rings. The van der Waals surface area contributed by atoms with Crippen LogP contribution in [0.5, 0.6) is 5.75 Å². The van der Waals surface area contributed by atoms with Crippen molar-refractivity contribution < 1.29 is 9.53 Å². The molecule has 2 N–H and O–H groups in total. The number of rotatable bonds is 5. The molecule has 1 amide bonds. The molecule has 2 aliphatic rings. The van der Waals surface area contributed by atoms with Crippen LogP contribution in [0.25, 0.3) is 0 Å². The maximum absolute atomic E-state index is 12.7. The largest absolute Gasteiger partial charge is 0.496 e. The second kappa shape index (κ2) is 6.51. The summed E-state index contributed by atoms with van der Waals surface area (Å²) in [7, 11) is 1.68. The molecule has 1 aliphatic carbocycles. The monoisotopic (exact) mass is 377 g/mol. The van der Waals surface area contributed by atoms with Gasteiger partial charge in [-0.1, -0.05) is 18.2 Å². The molecule has 7 nitrogen and oxygen atoms in total. The fourth-order valence-corrected chi connectivity index (χ4v) is 4.19. The van der Waals surface area contributed by atoms with E-state index in [4.69, 9.17) is 9.72 Å². The molecule has 1 saturated carbocycles. The molecular weight excluding hydrogens is 354 g/mol. The Morgan fingerprint density at radius 3 is 2.93 bits per heavy atom. The number of ether oxygens (including phenoxy) is 1. The summed E-state index contributed by atoms with van der Waals surface area (Å²) in [6.07, 6.45) is 8.45. The number of nitrogens with zero attached hydrogens (tertiary/aromatic N) is 3. The van der Waals surface area contributed by atoms with Gasteiger partial charge in [0.15, 0.2) is 0 Å². The average molecular weight is 377 g/mol. The summed E-state index contributed by atoms with van der Waals surface area (Å²) < 4.78 is 7.62. The van der Waals surface area contributed by atoms with E-state index >= 15 is 0 Å². The Morgan fingerprint density at radius 1 is 1.32 bits per heavy atom. The van der Waals surface area contributed by atoms with E-state index in [-0.39, 0.29) is 17.2 Å². The lowest BCUT2D eigenvalue weighted by Crippen LogP contribution is -2.27. The second-order valence-electron chi connectivity index (χ2n) is 7.78. The number of para-hydroxylation sites is 1. The molecule has 1 aromatic carbocycles. The van der Waals surface area contributed by atoms with Gasteiger partial charge in [-0.05, 0) is 30.9 Å². The van der Waals surface area contributed by atoms with Gasteiger partial charge < -0.3 is 19.6 Å². The summed E-state index contributed by atoms with van der Waals surface area (Å²) in [5, 5.41) is 3.04. The summed E-state index contributed by atoms with van der Waals surface area (Å²) in [5.74, 6) is 1.80. The molecule has 144 valence electrons. The number of benzene rings is 1. The van der Waals surface area contributed by atoms with Crippen molar-refractivity contribution in [1.82, 2.24) is 24.8 Å². The molecule has 5 rings (SSSR count). The van der Waals surface area contributed by atoms with Gasteiger partial charge in [0.25, 0.3) is 5.91 Å². The highest BCUT2D eigenvalue weighted by atomic mass is 16.5. The van der Waals surface area contributed by atoms with Crippen molar-refractivity contribution in [3.63, 3.8) is 0 Å². The topological polar surface area (TPSA) is 84.8 Å². The van der Waals surface area contributed by atoms with E-state index in [9.17, 15) is 4.79 Å². The summed E-state index contributed by atoms with van der Waals surface area (Å²) in [6.45, 7) is 1.40. The molecule has 3 heterocycles. The van der Waals surface area contributed by atoms with Crippen LogP contribution < -0.4 is 10.1 Å². The maximum atomic E-state index is 12.7. The number of nitrogens with one attached hydrogen (secondary N) is 2. The highest BCUT2D eigenvalue weighted by Crippen LogP contribution is 2.48. The maximum Gasteiger partial charge on any atom is 0.271 e. The third-order valence-corrected chi connectivity index (χ3v) is 5.93. The van der Waals surface area contributed by atoms with Crippen molar-refractivity contribution in [1.29, 1.82) is 0 Å². The lowest BCUT2D eigenvalue weighted by Gasteiger charge is -2.18. The van der Waals surface area contributed by atoms with Crippen LogP contribution in [-0.4, -0.2) is 39.1 Å². The minimum absolute atomic E-state index is 0.0207. The van der Waals surface area contributed by atoms with Crippen LogP contribution in [0.15, 0.2) is 43.0 Å². The van der Waals surface area contributed by atoms with E-state index in [0.717, 1.165) is 48.6 Å². The van der Waals surface area contributed by atoms with Gasteiger partial charge in [0, 0.05) is 42.5 Å². The van der Waals surface area contributed by atoms with Gasteiger partial charge >= 0.3 is 0 Å². The second-order valence-corrected chi connectivity index (χ2v) is 7.78. The zero-order chi connectivity index (χ0) is 19.1. The summed E-state index contributed by atoms with van der Waals surface area (Å²) in [4.78, 5) is 25.1. The first-order valence-electron chi connectivity index (χ1n) is 9.65. The minimum atomic E-state index is -0.103. The molecule has 0 spiro atoms. The van der Waals surface area contributed by atoms with Gasteiger partial charge in [-0.15, -0.1) is 0 Å². The van der Waals surface area contributed by atoms with E-state index in [1.807, 2.05) is 30.7 Å². The number of fused-ring (bicyclic) bond motifs is 1. The predicted octanol–water partition coefficient (Wildman–Crippen LogP) is 2.42. The standard InChI is InChI=1S/C21H23N5O2/c1-28-17-5-3-2-4-15(17)14-10-16-18(19(27)23-11-14)25-20(24-16)21(6-7-21)12-26-9-8-22-13-26/h2-5,8-9,13-14H,6-7,10-12H2,1H3,(H,23,27)(H,24,25). The zero-order valence-corrected chi connectivity index (χ0v) is 15.8. The van der Waals surface area contributed by atoms with Crippen molar-refractivity contribution in [3.8, 4) is 5.75 Å². The molecular formula is C21H23N5O2. The first kappa shape index (κ1) is 17.0. The third-order valence-electron chi connectivity index (χ3n) is 5.93. The van der Waals surface area contributed by atoms with Crippen molar-refractivity contribution in [2.24, 2.45) is 0 Å². The Labute approximate surface area is 163 Å². The number of aromatic amines is 1. The number of hydrogen-bond donors (Lipinski definition) is 2. The number of amides is 1. The van der Waals surface area contributed by atoms with Crippen molar-refractivity contribution >= 4 is 5.91 Å². The molecule has 1 atom stereocenters. The van der Waals surface area contributed by atoms with Crippen molar-refractivity contribution in [3.05, 3.63) is 65.8 Å². The number of carbonyl (C=O) groups excluding carboxylic acids is 1. The molecule has 28 heavy (non-hydrogen) atoms. The van der Waals surface area contributed by atoms with Crippen LogP contribution in [0, 0.1) is 0 Å². The lowest BCUT2D eigenvalue weighted by molar-refractivity contribution is 0.0950. The highest BCUT2D eigenvalue weighted by molar-refractivity contribution is 5.94. The lowest BCUT2D eigenvalue weighted by atomic mass is 9.93. The Bertz CT molecular complexity index is 1000. The van der Waals surface area contributed by atoms with Crippen molar-refractivity contribution in [2.45, 2.75) is 37.1 Å². The first-order chi connectivity index (χ1) is 13.7. The molecule has 2 aromatic heterocycles. The van der Waals surface area contributed by atoms with E-state index in [1.165, 1.54) is 0 Å². The van der Waals surface area contributed by atoms with Crippen LogP contribution in [-0.2, 0) is 18.4 Å². The van der Waals surface area contributed by atoms with Crippen LogP contribution in [0.3, 0.4) is 0 Å². The molecule has 7 heteroatoms. The first-order valence-corrected chi connectivity index (χ1v) is 9.65. The summed E-state index contributed by atoms with van der Waals surface area (Å²) in [5.41, 5.74) is 2.53. The van der Waals surface area contributed by atoms with E-state index in [1.54, 1.807) is 13.3 Å². The van der Waals surface area contributed by atoms with Crippen LogP contribution >= 0.6 is 0 Å². The Morgan fingerprint density at radius 2 is 2.18 bits per heavy atom. The summed E-state index contributed by atoms with van der Waals surface area (Å²) in [6, 6.07) is 8.00. The fourth-order valence-electron chi connectivity index (χ4n) is 4.19. The molecule has 0 bridgehead atoms. The number of H-pyrrole nitrogens is 1. The Balaban J connectivity index is 1.46. The van der Waals surface area contributed by atoms with Gasteiger partial charge in [0.2, 0.25) is 0 Å². The highest BCUT2D eigenvalue weighted by Gasteiger charge is 2.48. The SMILES string of the molecule is COc1ccccc1C1CNC(=O)c2nc(C3(Cn4ccnc4)CC3)[nH]c2C1. The molecule has 1 fully saturated rings. The number of methoxy groups -OCH3 is 1. The third kappa shape index (κ3) is 2.87. The number of aromatic nitrogens is 4. The molecule has 0 radical (unpaired) electrons. The van der Waals surface area contributed by atoms with Gasteiger partial charge in [-0.25, -0.2) is 9.97 Å². The Hall–Kier alpha value is -3.09. The van der Waals surface area contributed by atoms with Gasteiger partial charge in [0.05, 0.1) is 13.4 Å². The van der Waals surface area contributed by atoms with E-state index in [0.29, 0.717) is 12.2 Å². The van der Waals surface area contributed by atoms with Crippen LogP contribution in [0.4, 0.5) is 0 Å². The number of imidazole rings is 2. The fraction of sp³-hybridized carbons (Fsp3) is 0.381. The average Bonchev–Trinajstić information content (AvgIpc) is 3.14. The minimum Gasteiger partial charge on any atom is -0.496 e. The molecule has 0 saturated heterocycles.